The highest BCUT2D eigenvalue weighted by Gasteiger charge is 2.38. The van der Waals surface area contributed by atoms with Crippen molar-refractivity contribution < 1.29 is 27.2 Å². The van der Waals surface area contributed by atoms with Gasteiger partial charge in [0.1, 0.15) is 27.7 Å². The SMILES string of the molecule is Cc1csc([C@H]2CCCN2C(=O)c2cc(-c3nnc([C@@](C)(Cc4ccccc4)NC(=O)OC(C)(C)C)o3)nc(N3CCCS3(=O)=O)c2)n1. The van der Waals surface area contributed by atoms with Crippen molar-refractivity contribution in [3.8, 4) is 11.6 Å². The average Bonchev–Trinajstić information content (AvgIpc) is 3.83. The summed E-state index contributed by atoms with van der Waals surface area (Å²) in [6.07, 6.45) is 1.67. The summed E-state index contributed by atoms with van der Waals surface area (Å²) < 4.78 is 38.9. The fourth-order valence-electron chi connectivity index (χ4n) is 5.99. The van der Waals surface area contributed by atoms with Crippen LogP contribution in [0.4, 0.5) is 10.6 Å². The second kappa shape index (κ2) is 12.9. The first kappa shape index (κ1) is 33.5. The van der Waals surface area contributed by atoms with Crippen LogP contribution in [0, 0.1) is 6.92 Å². The Hall–Kier alpha value is -4.37. The molecule has 2 saturated heterocycles. The highest BCUT2D eigenvalue weighted by molar-refractivity contribution is 7.93. The average molecular weight is 694 g/mol. The molecule has 0 aliphatic carbocycles. The van der Waals surface area contributed by atoms with Gasteiger partial charge in [-0.1, -0.05) is 30.3 Å². The maximum atomic E-state index is 14.1. The minimum Gasteiger partial charge on any atom is -0.444 e. The molecule has 15 heteroatoms. The molecule has 6 rings (SSSR count). The summed E-state index contributed by atoms with van der Waals surface area (Å²) >= 11 is 1.52. The fraction of sp³-hybridized carbons (Fsp3) is 0.455. The number of sulfonamides is 1. The van der Waals surface area contributed by atoms with Crippen LogP contribution >= 0.6 is 11.3 Å². The van der Waals surface area contributed by atoms with Crippen LogP contribution in [0.2, 0.25) is 0 Å². The van der Waals surface area contributed by atoms with Gasteiger partial charge >= 0.3 is 6.09 Å². The van der Waals surface area contributed by atoms with Gasteiger partial charge in [0.2, 0.25) is 15.9 Å². The van der Waals surface area contributed by atoms with E-state index in [0.717, 1.165) is 29.1 Å². The zero-order chi connectivity index (χ0) is 34.3. The number of thiazole rings is 1. The topological polar surface area (TPSA) is 161 Å². The number of amides is 2. The van der Waals surface area contributed by atoms with Crippen LogP contribution in [0.25, 0.3) is 11.6 Å². The Bertz CT molecular complexity index is 1920. The standard InChI is InChI=1S/C33H39N7O6S2/c1-21-20-47-28(34-21)25-13-9-14-39(25)29(41)23-17-24(35-26(18-23)40-15-10-16-48(40,43)44)27-37-38-30(45-27)33(5,19-22-11-7-6-8-12-22)36-31(42)46-32(2,3)4/h6-8,11-12,17-18,20,25H,9-10,13-16,19H2,1-5H3,(H,36,42)/t25-,33-/m1/s1. The molecule has 5 heterocycles. The summed E-state index contributed by atoms with van der Waals surface area (Å²) in [6, 6.07) is 12.4. The third-order valence-corrected chi connectivity index (χ3v) is 11.1. The van der Waals surface area contributed by atoms with E-state index in [1.165, 1.54) is 21.7 Å². The molecule has 2 aliphatic rings. The van der Waals surface area contributed by atoms with Gasteiger partial charge in [-0.2, -0.15) is 0 Å². The van der Waals surface area contributed by atoms with Crippen LogP contribution in [-0.2, 0) is 26.7 Å². The van der Waals surface area contributed by atoms with Crippen LogP contribution in [-0.4, -0.2) is 69.9 Å². The Kier molecular flexibility index (Phi) is 9.02. The van der Waals surface area contributed by atoms with Crippen LogP contribution in [0.15, 0.2) is 52.3 Å². The lowest BCUT2D eigenvalue weighted by Gasteiger charge is -2.29. The van der Waals surface area contributed by atoms with Gasteiger partial charge in [0, 0.05) is 36.1 Å². The molecule has 1 N–H and O–H groups in total. The monoisotopic (exact) mass is 693 g/mol. The van der Waals surface area contributed by atoms with Crippen molar-refractivity contribution in [3.63, 3.8) is 0 Å². The molecule has 13 nitrogen and oxygen atoms in total. The van der Waals surface area contributed by atoms with Gasteiger partial charge < -0.3 is 19.4 Å². The van der Waals surface area contributed by atoms with Crippen molar-refractivity contribution in [1.29, 1.82) is 0 Å². The number of pyridine rings is 1. The number of hydrogen-bond donors (Lipinski definition) is 1. The predicted molar refractivity (Wildman–Crippen MR) is 180 cm³/mol. The van der Waals surface area contributed by atoms with E-state index in [-0.39, 0.29) is 53.1 Å². The smallest absolute Gasteiger partial charge is 0.408 e. The molecule has 254 valence electrons. The quantitative estimate of drug-likeness (QED) is 0.253. The van der Waals surface area contributed by atoms with Gasteiger partial charge in [-0.15, -0.1) is 21.5 Å². The molecule has 2 fully saturated rings. The lowest BCUT2D eigenvalue weighted by molar-refractivity contribution is 0.0443. The number of hydrogen-bond acceptors (Lipinski definition) is 11. The lowest BCUT2D eigenvalue weighted by atomic mass is 9.92. The third kappa shape index (κ3) is 7.21. The molecule has 0 radical (unpaired) electrons. The van der Waals surface area contributed by atoms with Crippen LogP contribution in [0.5, 0.6) is 0 Å². The number of rotatable bonds is 8. The summed E-state index contributed by atoms with van der Waals surface area (Å²) in [4.78, 5) is 38.2. The first-order chi connectivity index (χ1) is 22.7. The van der Waals surface area contributed by atoms with Crippen LogP contribution in [0.3, 0.4) is 0 Å². The number of nitrogens with zero attached hydrogens (tertiary/aromatic N) is 6. The van der Waals surface area contributed by atoms with E-state index in [1.807, 2.05) is 42.6 Å². The molecule has 3 aromatic heterocycles. The van der Waals surface area contributed by atoms with Crippen molar-refractivity contribution in [2.24, 2.45) is 0 Å². The third-order valence-electron chi connectivity index (χ3n) is 8.14. The normalized spacial score (nSPS) is 18.9. The Morgan fingerprint density at radius 2 is 1.83 bits per heavy atom. The van der Waals surface area contributed by atoms with E-state index in [9.17, 15) is 18.0 Å². The van der Waals surface area contributed by atoms with Gasteiger partial charge in [0.05, 0.1) is 11.8 Å². The summed E-state index contributed by atoms with van der Waals surface area (Å²) in [7, 11) is -3.62. The Balaban J connectivity index is 1.39. The molecule has 2 atom stereocenters. The number of ether oxygens (including phenoxy) is 1. The van der Waals surface area contributed by atoms with Gasteiger partial charge in [0.25, 0.3) is 11.8 Å². The van der Waals surface area contributed by atoms with E-state index in [1.54, 1.807) is 38.7 Å². The molecule has 2 aliphatic heterocycles. The second-order valence-electron chi connectivity index (χ2n) is 13.4. The number of anilines is 1. The molecular formula is C33H39N7O6S2. The summed E-state index contributed by atoms with van der Waals surface area (Å²) in [5.74, 6) is -0.130. The van der Waals surface area contributed by atoms with Gasteiger partial charge in [0.15, 0.2) is 0 Å². The molecule has 0 unspecified atom stereocenters. The van der Waals surface area contributed by atoms with Gasteiger partial charge in [-0.25, -0.2) is 23.2 Å². The number of aryl methyl sites for hydroxylation is 1. The van der Waals surface area contributed by atoms with Crippen molar-refractivity contribution in [2.45, 2.75) is 77.5 Å². The maximum Gasteiger partial charge on any atom is 0.408 e. The number of nitrogens with one attached hydrogen (secondary N) is 1. The van der Waals surface area contributed by atoms with Crippen molar-refractivity contribution in [3.05, 3.63) is 75.6 Å². The Morgan fingerprint density at radius 1 is 1.06 bits per heavy atom. The van der Waals surface area contributed by atoms with Crippen molar-refractivity contribution in [2.75, 3.05) is 23.1 Å². The fourth-order valence-corrected chi connectivity index (χ4v) is 8.43. The van der Waals surface area contributed by atoms with Crippen LogP contribution in [0.1, 0.15) is 85.5 Å². The first-order valence-corrected chi connectivity index (χ1v) is 18.3. The molecule has 0 saturated carbocycles. The summed E-state index contributed by atoms with van der Waals surface area (Å²) in [5.41, 5.74) is 0.243. The molecule has 0 spiro atoms. The largest absolute Gasteiger partial charge is 0.444 e. The number of likely N-dealkylation sites (tertiary alicyclic amines) is 1. The number of alkyl carbamates (subject to hydrolysis) is 1. The van der Waals surface area contributed by atoms with E-state index in [4.69, 9.17) is 9.15 Å². The van der Waals surface area contributed by atoms with Gasteiger partial charge in [-0.05, 0) is 71.6 Å². The first-order valence-electron chi connectivity index (χ1n) is 15.9. The van der Waals surface area contributed by atoms with Crippen LogP contribution < -0.4 is 9.62 Å². The second-order valence-corrected chi connectivity index (χ2v) is 16.3. The van der Waals surface area contributed by atoms with Crippen molar-refractivity contribution in [1.82, 2.24) is 30.4 Å². The Morgan fingerprint density at radius 3 is 2.50 bits per heavy atom. The van der Waals surface area contributed by atoms with Crippen molar-refractivity contribution >= 4 is 39.2 Å². The van der Waals surface area contributed by atoms with E-state index in [2.05, 4.69) is 25.5 Å². The zero-order valence-electron chi connectivity index (χ0n) is 27.6. The molecule has 48 heavy (non-hydrogen) atoms. The van der Waals surface area contributed by atoms with E-state index >= 15 is 0 Å². The molecule has 2 amide bonds. The predicted octanol–water partition coefficient (Wildman–Crippen LogP) is 5.40. The summed E-state index contributed by atoms with van der Waals surface area (Å²) in [6.45, 7) is 9.76. The summed E-state index contributed by atoms with van der Waals surface area (Å²) in [5, 5.41) is 14.3. The molecule has 1 aromatic carbocycles. The highest BCUT2D eigenvalue weighted by atomic mass is 32.2. The molecule has 4 aromatic rings. The minimum atomic E-state index is -3.62. The van der Waals surface area contributed by atoms with E-state index in [0.29, 0.717) is 19.4 Å². The van der Waals surface area contributed by atoms with Gasteiger partial charge in [-0.3, -0.25) is 9.10 Å². The lowest BCUT2D eigenvalue weighted by Crippen LogP contribution is -2.47. The maximum absolute atomic E-state index is 14.1. The Labute approximate surface area is 283 Å². The number of carbonyl (C=O) groups is 2. The number of benzene rings is 1. The molecule has 0 bridgehead atoms. The number of carbonyl (C=O) groups excluding carboxylic acids is 2. The zero-order valence-corrected chi connectivity index (χ0v) is 29.2. The molecular weight excluding hydrogens is 655 g/mol. The van der Waals surface area contributed by atoms with E-state index < -0.39 is 27.3 Å². The number of aromatic nitrogens is 4. The highest BCUT2D eigenvalue weighted by Crippen LogP contribution is 2.36. The minimum absolute atomic E-state index is 0.0152.